The fraction of sp³-hybridized carbons (Fsp3) is 0.538. The van der Waals surface area contributed by atoms with Crippen LogP contribution >= 0.6 is 0 Å². The first-order chi connectivity index (χ1) is 9.47. The minimum atomic E-state index is -0.816. The minimum absolute atomic E-state index is 0.156. The second-order valence-electron chi connectivity index (χ2n) is 5.05. The van der Waals surface area contributed by atoms with E-state index in [0.717, 1.165) is 17.5 Å². The Labute approximate surface area is 115 Å². The van der Waals surface area contributed by atoms with E-state index < -0.39 is 11.9 Å². The van der Waals surface area contributed by atoms with Crippen molar-refractivity contribution in [2.24, 2.45) is 13.0 Å². The van der Waals surface area contributed by atoms with E-state index in [-0.39, 0.29) is 23.2 Å². The van der Waals surface area contributed by atoms with Gasteiger partial charge >= 0.3 is 5.97 Å². The molecule has 7 nitrogen and oxygen atoms in total. The molecular formula is C13H17N3O4. The molecule has 1 saturated carbocycles. The number of aliphatic carboxylic acids is 1. The molecule has 0 spiro atoms. The summed E-state index contributed by atoms with van der Waals surface area (Å²) < 4.78 is 1.09. The van der Waals surface area contributed by atoms with E-state index in [4.69, 9.17) is 5.11 Å². The summed E-state index contributed by atoms with van der Waals surface area (Å²) in [7, 11) is 1.47. The third-order valence-corrected chi connectivity index (χ3v) is 3.55. The van der Waals surface area contributed by atoms with E-state index >= 15 is 0 Å². The van der Waals surface area contributed by atoms with Gasteiger partial charge in [0.25, 0.3) is 11.5 Å². The Hall–Kier alpha value is -2.18. The van der Waals surface area contributed by atoms with Crippen molar-refractivity contribution in [2.45, 2.75) is 31.7 Å². The Kier molecular flexibility index (Phi) is 4.16. The molecule has 0 aromatic carbocycles. The van der Waals surface area contributed by atoms with Crippen LogP contribution in [0.4, 0.5) is 0 Å². The first-order valence-electron chi connectivity index (χ1n) is 6.55. The zero-order chi connectivity index (χ0) is 14.7. The second kappa shape index (κ2) is 5.85. The Morgan fingerprint density at radius 3 is 2.80 bits per heavy atom. The van der Waals surface area contributed by atoms with Gasteiger partial charge in [-0.2, -0.15) is 5.10 Å². The van der Waals surface area contributed by atoms with Crippen LogP contribution in [-0.4, -0.2) is 32.8 Å². The lowest BCUT2D eigenvalue weighted by molar-refractivity contribution is -0.143. The van der Waals surface area contributed by atoms with Gasteiger partial charge in [-0.05, 0) is 25.3 Å². The van der Waals surface area contributed by atoms with Crippen molar-refractivity contribution in [3.8, 4) is 0 Å². The lowest BCUT2D eigenvalue weighted by Crippen LogP contribution is -2.40. The van der Waals surface area contributed by atoms with Crippen LogP contribution in [0.25, 0.3) is 0 Å². The number of hydrogen-bond donors (Lipinski definition) is 2. The van der Waals surface area contributed by atoms with Crippen molar-refractivity contribution in [2.75, 3.05) is 0 Å². The second-order valence-corrected chi connectivity index (χ2v) is 5.05. The van der Waals surface area contributed by atoms with Crippen LogP contribution in [-0.2, 0) is 11.8 Å². The summed E-state index contributed by atoms with van der Waals surface area (Å²) in [5, 5.41) is 15.7. The predicted molar refractivity (Wildman–Crippen MR) is 70.3 cm³/mol. The molecule has 2 atom stereocenters. The summed E-state index contributed by atoms with van der Waals surface area (Å²) in [6.07, 6.45) is 2.64. The van der Waals surface area contributed by atoms with Gasteiger partial charge in [0.1, 0.15) is 5.69 Å². The summed E-state index contributed by atoms with van der Waals surface area (Å²) in [6, 6.07) is 2.49. The molecule has 2 rings (SSSR count). The summed E-state index contributed by atoms with van der Waals surface area (Å²) in [6.45, 7) is 0. The average Bonchev–Trinajstić information content (AvgIpc) is 2.42. The van der Waals surface area contributed by atoms with Gasteiger partial charge in [0.2, 0.25) is 0 Å². The van der Waals surface area contributed by atoms with Crippen LogP contribution in [0, 0.1) is 5.92 Å². The molecule has 1 aliphatic carbocycles. The molecule has 1 aromatic heterocycles. The quantitative estimate of drug-likeness (QED) is 0.820. The van der Waals surface area contributed by atoms with Crippen molar-refractivity contribution in [1.29, 1.82) is 0 Å². The summed E-state index contributed by atoms with van der Waals surface area (Å²) in [4.78, 5) is 34.2. The molecule has 2 unspecified atom stereocenters. The zero-order valence-electron chi connectivity index (χ0n) is 11.2. The van der Waals surface area contributed by atoms with Gasteiger partial charge in [0.05, 0.1) is 5.92 Å². The van der Waals surface area contributed by atoms with Gasteiger partial charge in [0, 0.05) is 19.2 Å². The average molecular weight is 279 g/mol. The first kappa shape index (κ1) is 14.2. The molecule has 0 radical (unpaired) electrons. The van der Waals surface area contributed by atoms with Crippen LogP contribution in [0.5, 0.6) is 0 Å². The first-order valence-corrected chi connectivity index (χ1v) is 6.55. The number of carboxylic acids is 1. The third kappa shape index (κ3) is 3.23. The van der Waals surface area contributed by atoms with Crippen molar-refractivity contribution >= 4 is 11.9 Å². The van der Waals surface area contributed by atoms with Crippen molar-refractivity contribution in [3.63, 3.8) is 0 Å². The Morgan fingerprint density at radius 2 is 2.15 bits per heavy atom. The highest BCUT2D eigenvalue weighted by Gasteiger charge is 2.28. The van der Waals surface area contributed by atoms with E-state index in [1.807, 2.05) is 0 Å². The van der Waals surface area contributed by atoms with E-state index in [0.29, 0.717) is 12.8 Å². The van der Waals surface area contributed by atoms with Crippen LogP contribution in [0.1, 0.15) is 36.2 Å². The molecule has 1 aromatic rings. The molecule has 1 amide bonds. The van der Waals surface area contributed by atoms with E-state index in [1.165, 1.54) is 19.2 Å². The standard InChI is InChI=1S/C13H17N3O4/c1-16-11(17)6-5-10(15-16)12(18)14-9-4-2-3-8(7-9)13(19)20/h5-6,8-9H,2-4,7H2,1H3,(H,14,18)(H,19,20). The molecular weight excluding hydrogens is 262 g/mol. The highest BCUT2D eigenvalue weighted by atomic mass is 16.4. The molecule has 1 fully saturated rings. The number of amides is 1. The van der Waals surface area contributed by atoms with Crippen LogP contribution in [0.3, 0.4) is 0 Å². The molecule has 0 saturated heterocycles. The number of carbonyl (C=O) groups is 2. The van der Waals surface area contributed by atoms with Gasteiger partial charge in [-0.15, -0.1) is 0 Å². The summed E-state index contributed by atoms with van der Waals surface area (Å²) in [5.41, 5.74) is -0.130. The smallest absolute Gasteiger partial charge is 0.306 e. The number of nitrogens with one attached hydrogen (secondary N) is 1. The number of hydrogen-bond acceptors (Lipinski definition) is 4. The lowest BCUT2D eigenvalue weighted by Gasteiger charge is -2.27. The van der Waals surface area contributed by atoms with Crippen molar-refractivity contribution in [3.05, 3.63) is 28.2 Å². The number of rotatable bonds is 3. The number of carboxylic acid groups (broad SMARTS) is 1. The van der Waals surface area contributed by atoms with Gasteiger partial charge in [-0.3, -0.25) is 14.4 Å². The zero-order valence-corrected chi connectivity index (χ0v) is 11.2. The molecule has 2 N–H and O–H groups in total. The molecule has 0 aliphatic heterocycles. The highest BCUT2D eigenvalue weighted by Crippen LogP contribution is 2.24. The molecule has 7 heteroatoms. The van der Waals surface area contributed by atoms with Crippen molar-refractivity contribution in [1.82, 2.24) is 15.1 Å². The number of nitrogens with zero attached hydrogens (tertiary/aromatic N) is 2. The Balaban J connectivity index is 2.02. The fourth-order valence-electron chi connectivity index (χ4n) is 2.43. The van der Waals surface area contributed by atoms with E-state index in [9.17, 15) is 14.4 Å². The molecule has 20 heavy (non-hydrogen) atoms. The number of carbonyl (C=O) groups excluding carboxylic acids is 1. The summed E-state index contributed by atoms with van der Waals surface area (Å²) in [5.74, 6) is -1.59. The normalized spacial score (nSPS) is 22.2. The number of aryl methyl sites for hydroxylation is 1. The Bertz CT molecular complexity index is 581. The summed E-state index contributed by atoms with van der Waals surface area (Å²) >= 11 is 0. The van der Waals surface area contributed by atoms with Gasteiger partial charge in [-0.1, -0.05) is 6.42 Å². The van der Waals surface area contributed by atoms with E-state index in [2.05, 4.69) is 10.4 Å². The van der Waals surface area contributed by atoms with Crippen LogP contribution in [0.2, 0.25) is 0 Å². The minimum Gasteiger partial charge on any atom is -0.481 e. The monoisotopic (exact) mass is 279 g/mol. The molecule has 1 aliphatic rings. The third-order valence-electron chi connectivity index (χ3n) is 3.55. The van der Waals surface area contributed by atoms with Crippen molar-refractivity contribution < 1.29 is 14.7 Å². The maximum atomic E-state index is 12.0. The lowest BCUT2D eigenvalue weighted by atomic mass is 9.86. The maximum absolute atomic E-state index is 12.0. The topological polar surface area (TPSA) is 101 Å². The predicted octanol–water partition coefficient (Wildman–Crippen LogP) is 0.153. The number of aromatic nitrogens is 2. The van der Waals surface area contributed by atoms with Gasteiger partial charge < -0.3 is 10.4 Å². The SMILES string of the molecule is Cn1nc(C(=O)NC2CCCC(C(=O)O)C2)ccc1=O. The van der Waals surface area contributed by atoms with Gasteiger partial charge in [0.15, 0.2) is 0 Å². The highest BCUT2D eigenvalue weighted by molar-refractivity contribution is 5.92. The molecule has 1 heterocycles. The van der Waals surface area contributed by atoms with Crippen LogP contribution < -0.4 is 10.9 Å². The fourth-order valence-corrected chi connectivity index (χ4v) is 2.43. The van der Waals surface area contributed by atoms with Crippen LogP contribution in [0.15, 0.2) is 16.9 Å². The largest absolute Gasteiger partial charge is 0.481 e. The maximum Gasteiger partial charge on any atom is 0.306 e. The molecule has 0 bridgehead atoms. The Morgan fingerprint density at radius 1 is 1.40 bits per heavy atom. The molecule has 108 valence electrons. The van der Waals surface area contributed by atoms with Gasteiger partial charge in [-0.25, -0.2) is 4.68 Å². The van der Waals surface area contributed by atoms with E-state index in [1.54, 1.807) is 0 Å².